The molecule has 2 aliphatic heterocycles. The summed E-state index contributed by atoms with van der Waals surface area (Å²) >= 11 is 0. The smallest absolute Gasteiger partial charge is 0.223 e. The van der Waals surface area contributed by atoms with Gasteiger partial charge in [-0.3, -0.25) is 9.59 Å². The molecule has 6 nitrogen and oxygen atoms in total. The number of piperazine rings is 1. The zero-order valence-corrected chi connectivity index (χ0v) is 17.7. The van der Waals surface area contributed by atoms with Crippen LogP contribution in [0.25, 0.3) is 10.9 Å². The average Bonchev–Trinajstić information content (AvgIpc) is 3.25. The van der Waals surface area contributed by atoms with Crippen molar-refractivity contribution in [1.82, 2.24) is 9.88 Å². The van der Waals surface area contributed by atoms with Crippen LogP contribution < -0.4 is 9.80 Å². The van der Waals surface area contributed by atoms with Crippen molar-refractivity contribution in [3.8, 4) is 0 Å². The van der Waals surface area contributed by atoms with Crippen LogP contribution in [0.2, 0.25) is 0 Å². The molecule has 2 aliphatic rings. The van der Waals surface area contributed by atoms with E-state index < -0.39 is 0 Å². The Bertz CT molecular complexity index is 1100. The summed E-state index contributed by atoms with van der Waals surface area (Å²) in [6.45, 7) is 3.94. The summed E-state index contributed by atoms with van der Waals surface area (Å²) in [5, 5.41) is 1.21. The largest absolute Gasteiger partial charge is 0.368 e. The first-order chi connectivity index (χ1) is 15.2. The van der Waals surface area contributed by atoms with Gasteiger partial charge in [-0.15, -0.1) is 0 Å². The van der Waals surface area contributed by atoms with E-state index in [9.17, 15) is 9.59 Å². The average molecular weight is 417 g/mol. The third-order valence-corrected chi connectivity index (χ3v) is 6.65. The van der Waals surface area contributed by atoms with Gasteiger partial charge < -0.3 is 19.7 Å². The molecule has 0 radical (unpaired) electrons. The highest BCUT2D eigenvalue weighted by atomic mass is 16.2. The fourth-order valence-electron chi connectivity index (χ4n) is 4.98. The van der Waals surface area contributed by atoms with Crippen LogP contribution in [-0.4, -0.2) is 54.9 Å². The standard InChI is InChI=1S/C25H28N4O2/c30-18-29-12-4-6-21-23(8-3-9-24(21)29)27-13-15-28(16-14-27)25(31)11-10-19-17-26-22-7-2-1-5-20(19)22/h1-3,5,7-9,17-18,26H,4,6,10-16H2. The van der Waals surface area contributed by atoms with Crippen molar-refractivity contribution in [3.05, 3.63) is 59.8 Å². The fraction of sp³-hybridized carbons (Fsp3) is 0.360. The molecule has 5 rings (SSSR count). The van der Waals surface area contributed by atoms with Crippen molar-refractivity contribution in [2.75, 3.05) is 42.5 Å². The molecule has 2 aromatic carbocycles. The predicted molar refractivity (Wildman–Crippen MR) is 124 cm³/mol. The predicted octanol–water partition coefficient (Wildman–Crippen LogP) is 3.36. The molecule has 3 aromatic rings. The summed E-state index contributed by atoms with van der Waals surface area (Å²) in [6, 6.07) is 14.5. The van der Waals surface area contributed by atoms with E-state index in [1.165, 1.54) is 22.2 Å². The minimum atomic E-state index is 0.229. The maximum Gasteiger partial charge on any atom is 0.223 e. The molecule has 0 aliphatic carbocycles. The number of para-hydroxylation sites is 1. The van der Waals surface area contributed by atoms with Crippen LogP contribution >= 0.6 is 0 Å². The van der Waals surface area contributed by atoms with Crippen LogP contribution in [0.5, 0.6) is 0 Å². The van der Waals surface area contributed by atoms with Gasteiger partial charge in [0.15, 0.2) is 0 Å². The molecule has 2 amide bonds. The second-order valence-electron chi connectivity index (χ2n) is 8.40. The number of nitrogens with one attached hydrogen (secondary N) is 1. The van der Waals surface area contributed by atoms with Gasteiger partial charge in [-0.1, -0.05) is 24.3 Å². The van der Waals surface area contributed by atoms with Gasteiger partial charge in [0.2, 0.25) is 12.3 Å². The first-order valence-electron chi connectivity index (χ1n) is 11.2. The van der Waals surface area contributed by atoms with E-state index in [2.05, 4.69) is 28.1 Å². The third-order valence-electron chi connectivity index (χ3n) is 6.65. The molecular weight excluding hydrogens is 388 g/mol. The topological polar surface area (TPSA) is 59.7 Å². The van der Waals surface area contributed by atoms with Gasteiger partial charge in [0.1, 0.15) is 0 Å². The van der Waals surface area contributed by atoms with Gasteiger partial charge in [0.05, 0.1) is 0 Å². The van der Waals surface area contributed by atoms with E-state index in [4.69, 9.17) is 0 Å². The maximum atomic E-state index is 12.8. The lowest BCUT2D eigenvalue weighted by Crippen LogP contribution is -2.49. The zero-order valence-electron chi connectivity index (χ0n) is 17.7. The van der Waals surface area contributed by atoms with Crippen LogP contribution in [0.3, 0.4) is 0 Å². The number of hydrogen-bond donors (Lipinski definition) is 1. The summed E-state index contributed by atoms with van der Waals surface area (Å²) in [7, 11) is 0. The van der Waals surface area contributed by atoms with Crippen molar-refractivity contribution in [2.24, 2.45) is 0 Å². The Kier molecular flexibility index (Phi) is 5.37. The van der Waals surface area contributed by atoms with Crippen LogP contribution in [0.15, 0.2) is 48.7 Å². The summed E-state index contributed by atoms with van der Waals surface area (Å²) < 4.78 is 0. The molecule has 160 valence electrons. The Balaban J connectivity index is 1.21. The number of aromatic amines is 1. The number of benzene rings is 2. The number of fused-ring (bicyclic) bond motifs is 2. The van der Waals surface area contributed by atoms with E-state index in [1.807, 2.05) is 40.3 Å². The Hall–Kier alpha value is -3.28. The van der Waals surface area contributed by atoms with Gasteiger partial charge in [-0.05, 0) is 48.6 Å². The van der Waals surface area contributed by atoms with Crippen molar-refractivity contribution in [1.29, 1.82) is 0 Å². The number of rotatable bonds is 5. The molecule has 1 fully saturated rings. The lowest BCUT2D eigenvalue weighted by molar-refractivity contribution is -0.131. The molecule has 0 unspecified atom stereocenters. The lowest BCUT2D eigenvalue weighted by Gasteiger charge is -2.38. The maximum absolute atomic E-state index is 12.8. The number of carbonyl (C=O) groups is 2. The molecule has 1 N–H and O–H groups in total. The summed E-state index contributed by atoms with van der Waals surface area (Å²) in [5.41, 5.74) is 5.85. The van der Waals surface area contributed by atoms with Crippen molar-refractivity contribution >= 4 is 34.6 Å². The lowest BCUT2D eigenvalue weighted by atomic mass is 9.99. The molecule has 0 spiro atoms. The highest BCUT2D eigenvalue weighted by Crippen LogP contribution is 2.34. The quantitative estimate of drug-likeness (QED) is 0.649. The van der Waals surface area contributed by atoms with Gasteiger partial charge in [0.25, 0.3) is 0 Å². The van der Waals surface area contributed by atoms with Gasteiger partial charge in [-0.25, -0.2) is 0 Å². The fourth-order valence-corrected chi connectivity index (χ4v) is 4.98. The Morgan fingerprint density at radius 1 is 0.968 bits per heavy atom. The molecule has 31 heavy (non-hydrogen) atoms. The van der Waals surface area contributed by atoms with Crippen molar-refractivity contribution < 1.29 is 9.59 Å². The normalized spacial score (nSPS) is 16.5. The summed E-state index contributed by atoms with van der Waals surface area (Å²) in [4.78, 5) is 33.7. The Morgan fingerprint density at radius 2 is 1.77 bits per heavy atom. The summed E-state index contributed by atoms with van der Waals surface area (Å²) in [5.74, 6) is 0.229. The minimum Gasteiger partial charge on any atom is -0.368 e. The molecule has 1 aromatic heterocycles. The first kappa shape index (κ1) is 19.7. The number of anilines is 2. The van der Waals surface area contributed by atoms with Crippen LogP contribution in [0.1, 0.15) is 24.0 Å². The van der Waals surface area contributed by atoms with Gasteiger partial charge in [0, 0.05) is 67.6 Å². The molecule has 6 heteroatoms. The van der Waals surface area contributed by atoms with Crippen LogP contribution in [0.4, 0.5) is 11.4 Å². The van der Waals surface area contributed by atoms with E-state index >= 15 is 0 Å². The van der Waals surface area contributed by atoms with Crippen LogP contribution in [0, 0.1) is 0 Å². The SMILES string of the molecule is O=CN1CCCc2c1cccc2N1CCN(C(=O)CCc2c[nH]c3ccccc23)CC1. The van der Waals surface area contributed by atoms with Crippen LogP contribution in [-0.2, 0) is 22.4 Å². The Morgan fingerprint density at radius 3 is 2.61 bits per heavy atom. The van der Waals surface area contributed by atoms with E-state index in [1.54, 1.807) is 0 Å². The first-order valence-corrected chi connectivity index (χ1v) is 11.2. The number of hydrogen-bond acceptors (Lipinski definition) is 3. The molecule has 0 bridgehead atoms. The Labute approximate surface area is 182 Å². The van der Waals surface area contributed by atoms with E-state index in [0.717, 1.165) is 69.6 Å². The number of nitrogens with zero attached hydrogens (tertiary/aromatic N) is 3. The number of carbonyl (C=O) groups excluding carboxylic acids is 2. The highest BCUT2D eigenvalue weighted by molar-refractivity contribution is 5.84. The van der Waals surface area contributed by atoms with E-state index in [-0.39, 0.29) is 5.91 Å². The monoisotopic (exact) mass is 416 g/mol. The van der Waals surface area contributed by atoms with E-state index in [0.29, 0.717) is 6.42 Å². The molecule has 1 saturated heterocycles. The van der Waals surface area contributed by atoms with Crippen molar-refractivity contribution in [2.45, 2.75) is 25.7 Å². The number of aryl methyl sites for hydroxylation is 1. The molecule has 3 heterocycles. The molecular formula is C25H28N4O2. The van der Waals surface area contributed by atoms with Gasteiger partial charge in [-0.2, -0.15) is 0 Å². The molecule has 0 atom stereocenters. The second-order valence-corrected chi connectivity index (χ2v) is 8.40. The molecule has 0 saturated carbocycles. The third kappa shape index (κ3) is 3.78. The zero-order chi connectivity index (χ0) is 21.2. The minimum absolute atomic E-state index is 0.229. The summed E-state index contributed by atoms with van der Waals surface area (Å²) in [6.07, 6.45) is 6.26. The number of H-pyrrole nitrogens is 1. The second kappa shape index (κ2) is 8.46. The van der Waals surface area contributed by atoms with Gasteiger partial charge >= 0.3 is 0 Å². The number of aromatic nitrogens is 1. The van der Waals surface area contributed by atoms with Crippen molar-refractivity contribution in [3.63, 3.8) is 0 Å². The number of amides is 2. The highest BCUT2D eigenvalue weighted by Gasteiger charge is 2.25.